The Hall–Kier alpha value is -1.27. The van der Waals surface area contributed by atoms with Gasteiger partial charge in [-0.1, -0.05) is 0 Å². The van der Waals surface area contributed by atoms with Crippen LogP contribution in [0.4, 0.5) is 5.82 Å². The van der Waals surface area contributed by atoms with E-state index in [-0.39, 0.29) is 0 Å². The van der Waals surface area contributed by atoms with Crippen molar-refractivity contribution in [2.45, 2.75) is 12.7 Å². The van der Waals surface area contributed by atoms with Gasteiger partial charge in [0.05, 0.1) is 11.9 Å². The van der Waals surface area contributed by atoms with Crippen molar-refractivity contribution >= 4 is 26.5 Å². The number of nitrogens with two attached hydrogens (primary N) is 1. The van der Waals surface area contributed by atoms with Crippen molar-refractivity contribution in [3.63, 3.8) is 0 Å². The predicted molar refractivity (Wildman–Crippen MR) is 62.7 cm³/mol. The average Bonchev–Trinajstić information content (AvgIpc) is 2.53. The maximum atomic E-state index is 10.2. The Kier molecular flexibility index (Phi) is 3.02. The monoisotopic (exact) mass is 219 g/mol. The summed E-state index contributed by atoms with van der Waals surface area (Å²) >= 11 is 0. The molecular weight excluding hydrogens is 206 g/mol. The van der Waals surface area contributed by atoms with E-state index in [0.29, 0.717) is 11.7 Å². The fraction of sp³-hybridized carbons (Fsp3) is 0.500. The molecule has 0 saturated carbocycles. The van der Waals surface area contributed by atoms with Gasteiger partial charge in [-0.2, -0.15) is 5.10 Å². The minimum absolute atomic E-state index is 0.290. The Morgan fingerprint density at radius 2 is 2.44 bits per heavy atom. The minimum atomic E-state index is -0.716. The molecule has 1 radical (unpaired) electrons. The SMILES string of the molecule is CB(O)n1nc(C2CN([B]C=O)C2)cc1N. The van der Waals surface area contributed by atoms with Crippen LogP contribution in [0.3, 0.4) is 0 Å². The summed E-state index contributed by atoms with van der Waals surface area (Å²) in [5, 5.41) is 13.6. The Morgan fingerprint density at radius 3 is 2.94 bits per heavy atom. The molecule has 0 amide bonds. The molecule has 0 aliphatic carbocycles. The highest BCUT2D eigenvalue weighted by Gasteiger charge is 2.30. The molecule has 0 atom stereocenters. The molecule has 0 spiro atoms. The molecule has 1 aliphatic rings. The van der Waals surface area contributed by atoms with E-state index in [0.717, 1.165) is 25.0 Å². The highest BCUT2D eigenvalue weighted by molar-refractivity contribution is 6.64. The highest BCUT2D eigenvalue weighted by Crippen LogP contribution is 2.26. The van der Waals surface area contributed by atoms with E-state index in [9.17, 15) is 9.82 Å². The van der Waals surface area contributed by atoms with E-state index >= 15 is 0 Å². The fourth-order valence-corrected chi connectivity index (χ4v) is 1.83. The lowest BCUT2D eigenvalue weighted by Crippen LogP contribution is -2.47. The second-order valence-electron chi connectivity index (χ2n) is 4.01. The number of nitrogen functional groups attached to an aromatic ring is 1. The summed E-state index contributed by atoms with van der Waals surface area (Å²) in [5.41, 5.74) is 6.58. The first-order valence-corrected chi connectivity index (χ1v) is 5.17. The van der Waals surface area contributed by atoms with Crippen LogP contribution in [0.2, 0.25) is 6.82 Å². The van der Waals surface area contributed by atoms with Crippen molar-refractivity contribution in [1.82, 2.24) is 14.5 Å². The molecule has 1 aromatic rings. The van der Waals surface area contributed by atoms with Gasteiger partial charge in [-0.3, -0.25) is 4.59 Å². The first-order chi connectivity index (χ1) is 7.61. The summed E-state index contributed by atoms with van der Waals surface area (Å²) in [6, 6.07) is 1.77. The quantitative estimate of drug-likeness (QED) is 0.482. The predicted octanol–water partition coefficient (Wildman–Crippen LogP) is -1.37. The normalized spacial score (nSPS) is 16.9. The Balaban J connectivity index is 2.01. The smallest absolute Gasteiger partial charge is 0.431 e. The maximum absolute atomic E-state index is 10.2. The summed E-state index contributed by atoms with van der Waals surface area (Å²) in [6.45, 7) is 3.16. The van der Waals surface area contributed by atoms with Gasteiger partial charge in [0.25, 0.3) is 7.41 Å². The molecule has 8 heteroatoms. The van der Waals surface area contributed by atoms with Gasteiger partial charge in [0.15, 0.2) is 0 Å². The number of aromatic nitrogens is 2. The summed E-state index contributed by atoms with van der Waals surface area (Å²) in [4.78, 5) is 12.1. The zero-order chi connectivity index (χ0) is 11.7. The topological polar surface area (TPSA) is 84.4 Å². The summed E-state index contributed by atoms with van der Waals surface area (Å²) in [7, 11) is 0.803. The first kappa shape index (κ1) is 11.2. The van der Waals surface area contributed by atoms with E-state index in [1.807, 2.05) is 4.81 Å². The van der Waals surface area contributed by atoms with Gasteiger partial charge in [0, 0.05) is 12.0 Å². The van der Waals surface area contributed by atoms with Gasteiger partial charge in [-0.05, 0) is 19.9 Å². The Morgan fingerprint density at radius 1 is 1.75 bits per heavy atom. The van der Waals surface area contributed by atoms with Gasteiger partial charge in [0.1, 0.15) is 5.82 Å². The molecule has 2 rings (SSSR count). The molecule has 1 aromatic heterocycles. The second-order valence-corrected chi connectivity index (χ2v) is 4.01. The van der Waals surface area contributed by atoms with E-state index in [4.69, 9.17) is 5.73 Å². The largest absolute Gasteiger partial charge is 0.433 e. The van der Waals surface area contributed by atoms with Gasteiger partial charge < -0.3 is 20.4 Å². The van der Waals surface area contributed by atoms with Crippen molar-refractivity contribution in [2.75, 3.05) is 18.8 Å². The zero-order valence-corrected chi connectivity index (χ0v) is 9.08. The summed E-state index contributed by atoms with van der Waals surface area (Å²) in [6.07, 6.45) is 0.777. The second kappa shape index (κ2) is 4.31. The van der Waals surface area contributed by atoms with E-state index in [1.165, 1.54) is 12.0 Å². The highest BCUT2D eigenvalue weighted by atomic mass is 16.2. The third-order valence-corrected chi connectivity index (χ3v) is 2.74. The molecule has 0 unspecified atom stereocenters. The van der Waals surface area contributed by atoms with Crippen molar-refractivity contribution in [2.24, 2.45) is 0 Å². The van der Waals surface area contributed by atoms with Crippen LogP contribution < -0.4 is 5.73 Å². The lowest BCUT2D eigenvalue weighted by atomic mass is 9.83. The first-order valence-electron chi connectivity index (χ1n) is 5.17. The van der Waals surface area contributed by atoms with Gasteiger partial charge in [0.2, 0.25) is 0 Å². The van der Waals surface area contributed by atoms with Gasteiger partial charge in [-0.15, -0.1) is 0 Å². The maximum Gasteiger partial charge on any atom is 0.433 e. The molecule has 6 nitrogen and oxygen atoms in total. The average molecular weight is 219 g/mol. The van der Waals surface area contributed by atoms with Crippen LogP contribution in [-0.4, -0.2) is 53.3 Å². The fourth-order valence-electron chi connectivity index (χ4n) is 1.83. The van der Waals surface area contributed by atoms with Crippen LogP contribution >= 0.6 is 0 Å². The van der Waals surface area contributed by atoms with Gasteiger partial charge >= 0.3 is 7.05 Å². The Bertz CT molecular complexity index is 389. The lowest BCUT2D eigenvalue weighted by Gasteiger charge is -2.37. The molecule has 2 heterocycles. The molecule has 83 valence electrons. The molecule has 0 aromatic carbocycles. The van der Waals surface area contributed by atoms with Gasteiger partial charge in [-0.25, -0.2) is 0 Å². The number of hydrogen-bond acceptors (Lipinski definition) is 5. The van der Waals surface area contributed by atoms with E-state index < -0.39 is 7.05 Å². The third kappa shape index (κ3) is 1.98. The minimum Gasteiger partial charge on any atom is -0.431 e. The van der Waals surface area contributed by atoms with Crippen LogP contribution in [0, 0.1) is 0 Å². The zero-order valence-electron chi connectivity index (χ0n) is 9.08. The van der Waals surface area contributed by atoms with E-state index in [2.05, 4.69) is 5.10 Å². The number of anilines is 1. The van der Waals surface area contributed by atoms with Crippen LogP contribution in [0.25, 0.3) is 0 Å². The van der Waals surface area contributed by atoms with Crippen LogP contribution in [0.5, 0.6) is 0 Å². The lowest BCUT2D eigenvalue weighted by molar-refractivity contribution is 0.268. The van der Waals surface area contributed by atoms with Crippen LogP contribution in [-0.2, 0) is 4.79 Å². The molecule has 1 fully saturated rings. The number of nitrogens with zero attached hydrogens (tertiary/aromatic N) is 3. The number of carbonyl (C=O) groups excluding carboxylic acids is 1. The van der Waals surface area contributed by atoms with Crippen molar-refractivity contribution in [3.05, 3.63) is 11.8 Å². The van der Waals surface area contributed by atoms with Crippen LogP contribution in [0.15, 0.2) is 6.07 Å². The standard InChI is InChI=1S/C8H13B2N4O2/c1-10(16)14-8(11)2-7(12-14)6-3-13(4-6)9-5-15/h2,5-6,16H,3-4,11H2,1H3. The molecule has 16 heavy (non-hydrogen) atoms. The number of carbonyl (C=O) groups is 1. The molecule has 0 bridgehead atoms. The summed E-state index contributed by atoms with van der Waals surface area (Å²) in [5.74, 6) is 0.751. The van der Waals surface area contributed by atoms with Crippen molar-refractivity contribution in [3.8, 4) is 0 Å². The molecular formula is C8H13B2N4O2. The Labute approximate surface area is 94.8 Å². The van der Waals surface area contributed by atoms with Crippen molar-refractivity contribution < 1.29 is 9.82 Å². The molecule has 3 N–H and O–H groups in total. The number of rotatable bonds is 4. The van der Waals surface area contributed by atoms with Crippen LogP contribution in [0.1, 0.15) is 11.6 Å². The molecule has 1 saturated heterocycles. The van der Waals surface area contributed by atoms with E-state index in [1.54, 1.807) is 12.9 Å². The third-order valence-electron chi connectivity index (χ3n) is 2.74. The number of hydrogen-bond donors (Lipinski definition) is 2. The summed E-state index contributed by atoms with van der Waals surface area (Å²) < 4.78 is 1.39. The van der Waals surface area contributed by atoms with Crippen molar-refractivity contribution in [1.29, 1.82) is 0 Å². The molecule has 1 aliphatic heterocycles.